The highest BCUT2D eigenvalue weighted by atomic mass is 16.3. The van der Waals surface area contributed by atoms with Crippen LogP contribution in [0.1, 0.15) is 19.4 Å². The molecule has 2 heteroatoms. The Morgan fingerprint density at radius 3 is 2.29 bits per heavy atom. The fourth-order valence-electron chi connectivity index (χ4n) is 1.92. The molecule has 1 N–H and O–H groups in total. The maximum absolute atomic E-state index is 9.74. The van der Waals surface area contributed by atoms with Crippen molar-refractivity contribution in [3.63, 3.8) is 0 Å². The van der Waals surface area contributed by atoms with Crippen LogP contribution in [0.25, 0.3) is 0 Å². The Morgan fingerprint density at radius 2 is 1.79 bits per heavy atom. The lowest BCUT2D eigenvalue weighted by Crippen LogP contribution is -2.32. The van der Waals surface area contributed by atoms with E-state index in [9.17, 15) is 5.11 Å². The van der Waals surface area contributed by atoms with E-state index in [0.717, 1.165) is 12.1 Å². The Balaban J connectivity index is 2.97. The van der Waals surface area contributed by atoms with Gasteiger partial charge in [-0.3, -0.25) is 0 Å². The van der Waals surface area contributed by atoms with Gasteiger partial charge in [0.05, 0.1) is 0 Å². The summed E-state index contributed by atoms with van der Waals surface area (Å²) in [5, 5.41) is 9.74. The third kappa shape index (κ3) is 2.48. The van der Waals surface area contributed by atoms with Crippen molar-refractivity contribution in [3.05, 3.63) is 29.8 Å². The van der Waals surface area contributed by atoms with Crippen LogP contribution in [0.5, 0.6) is 5.75 Å². The third-order valence-corrected chi connectivity index (χ3v) is 2.34. The van der Waals surface area contributed by atoms with E-state index in [-0.39, 0.29) is 5.41 Å². The van der Waals surface area contributed by atoms with Gasteiger partial charge in [-0.25, -0.2) is 0 Å². The van der Waals surface area contributed by atoms with E-state index in [1.807, 2.05) is 32.3 Å². The van der Waals surface area contributed by atoms with Gasteiger partial charge in [-0.15, -0.1) is 0 Å². The number of aromatic hydroxyl groups is 1. The molecule has 0 unspecified atom stereocenters. The van der Waals surface area contributed by atoms with Crippen LogP contribution >= 0.6 is 0 Å². The van der Waals surface area contributed by atoms with Gasteiger partial charge in [0.2, 0.25) is 0 Å². The van der Waals surface area contributed by atoms with Gasteiger partial charge >= 0.3 is 0 Å². The first-order chi connectivity index (χ1) is 6.43. The predicted octanol–water partition coefficient (Wildman–Crippen LogP) is 2.23. The summed E-state index contributed by atoms with van der Waals surface area (Å²) in [6, 6.07) is 7.54. The van der Waals surface area contributed by atoms with Crippen LogP contribution in [0.2, 0.25) is 0 Å². The monoisotopic (exact) mass is 193 g/mol. The maximum Gasteiger partial charge on any atom is 0.119 e. The highest BCUT2D eigenvalue weighted by Crippen LogP contribution is 2.30. The molecule has 0 atom stereocenters. The van der Waals surface area contributed by atoms with Crippen molar-refractivity contribution in [3.8, 4) is 5.75 Å². The van der Waals surface area contributed by atoms with Crippen LogP contribution in [0.15, 0.2) is 24.3 Å². The minimum atomic E-state index is -0.0190. The second-order valence-electron chi connectivity index (χ2n) is 4.64. The van der Waals surface area contributed by atoms with Crippen molar-refractivity contribution >= 4 is 0 Å². The number of para-hydroxylation sites is 1. The number of hydrogen-bond donors (Lipinski definition) is 1. The number of likely N-dealkylation sites (N-methyl/N-ethyl adjacent to an activating group) is 1. The summed E-state index contributed by atoms with van der Waals surface area (Å²) in [5.74, 6) is 0.388. The standard InChI is InChI=1S/C12H19NO/c1-12(2,9-13(3)4)10-7-5-6-8-11(10)14/h5-8,14H,9H2,1-4H3. The summed E-state index contributed by atoms with van der Waals surface area (Å²) < 4.78 is 0. The van der Waals surface area contributed by atoms with E-state index >= 15 is 0 Å². The molecule has 0 aromatic heterocycles. The molecule has 0 radical (unpaired) electrons. The number of nitrogens with zero attached hydrogens (tertiary/aromatic N) is 1. The van der Waals surface area contributed by atoms with Crippen LogP contribution < -0.4 is 0 Å². The first-order valence-electron chi connectivity index (χ1n) is 4.87. The summed E-state index contributed by atoms with van der Waals surface area (Å²) in [5.41, 5.74) is 0.989. The van der Waals surface area contributed by atoms with Gasteiger partial charge in [-0.05, 0) is 20.2 Å². The average Bonchev–Trinajstić information content (AvgIpc) is 2.02. The van der Waals surface area contributed by atoms with E-state index < -0.39 is 0 Å². The summed E-state index contributed by atoms with van der Waals surface area (Å²) in [7, 11) is 4.09. The first kappa shape index (κ1) is 11.1. The maximum atomic E-state index is 9.74. The fourth-order valence-corrected chi connectivity index (χ4v) is 1.92. The van der Waals surface area contributed by atoms with Crippen molar-refractivity contribution < 1.29 is 5.11 Å². The summed E-state index contributed by atoms with van der Waals surface area (Å²) in [4.78, 5) is 2.13. The second-order valence-corrected chi connectivity index (χ2v) is 4.64. The van der Waals surface area contributed by atoms with Gasteiger partial charge in [0.15, 0.2) is 0 Å². The molecule has 0 fully saturated rings. The normalized spacial score (nSPS) is 12.1. The van der Waals surface area contributed by atoms with Crippen LogP contribution in [0, 0.1) is 0 Å². The van der Waals surface area contributed by atoms with E-state index in [2.05, 4.69) is 18.7 Å². The topological polar surface area (TPSA) is 23.5 Å². The number of phenolic OH excluding ortho intramolecular Hbond substituents is 1. The van der Waals surface area contributed by atoms with Crippen molar-refractivity contribution in [2.75, 3.05) is 20.6 Å². The van der Waals surface area contributed by atoms with Crippen LogP contribution in [-0.4, -0.2) is 30.6 Å². The molecule has 0 amide bonds. The number of hydrogen-bond acceptors (Lipinski definition) is 2. The average molecular weight is 193 g/mol. The molecule has 0 heterocycles. The Bertz CT molecular complexity index is 305. The molecule has 0 bridgehead atoms. The van der Waals surface area contributed by atoms with Crippen molar-refractivity contribution in [1.82, 2.24) is 4.90 Å². The Labute approximate surface area is 86.2 Å². The molecular formula is C12H19NO. The van der Waals surface area contributed by atoms with Gasteiger partial charge in [0.25, 0.3) is 0 Å². The molecule has 0 aliphatic rings. The highest BCUT2D eigenvalue weighted by Gasteiger charge is 2.23. The largest absolute Gasteiger partial charge is 0.508 e. The van der Waals surface area contributed by atoms with E-state index in [1.54, 1.807) is 6.07 Å². The van der Waals surface area contributed by atoms with E-state index in [4.69, 9.17) is 0 Å². The zero-order valence-electron chi connectivity index (χ0n) is 9.41. The second kappa shape index (κ2) is 4.01. The summed E-state index contributed by atoms with van der Waals surface area (Å²) in [6.07, 6.45) is 0. The van der Waals surface area contributed by atoms with Crippen molar-refractivity contribution in [2.45, 2.75) is 19.3 Å². The van der Waals surface area contributed by atoms with Crippen LogP contribution in [-0.2, 0) is 5.41 Å². The molecule has 1 aromatic rings. The quantitative estimate of drug-likeness (QED) is 0.795. The molecule has 78 valence electrons. The van der Waals surface area contributed by atoms with Gasteiger partial charge in [0, 0.05) is 17.5 Å². The zero-order valence-corrected chi connectivity index (χ0v) is 9.41. The zero-order chi connectivity index (χ0) is 10.8. The number of phenols is 1. The van der Waals surface area contributed by atoms with Gasteiger partial charge in [-0.1, -0.05) is 32.0 Å². The van der Waals surface area contributed by atoms with Crippen LogP contribution in [0.3, 0.4) is 0 Å². The molecule has 0 saturated heterocycles. The Hall–Kier alpha value is -1.02. The Kier molecular flexibility index (Phi) is 3.17. The van der Waals surface area contributed by atoms with E-state index in [1.165, 1.54) is 0 Å². The molecular weight excluding hydrogens is 174 g/mol. The van der Waals surface area contributed by atoms with Gasteiger partial charge in [0.1, 0.15) is 5.75 Å². The molecule has 0 saturated carbocycles. The van der Waals surface area contributed by atoms with E-state index in [0.29, 0.717) is 5.75 Å². The SMILES string of the molecule is CN(C)CC(C)(C)c1ccccc1O. The number of rotatable bonds is 3. The van der Waals surface area contributed by atoms with Gasteiger partial charge < -0.3 is 10.0 Å². The lowest BCUT2D eigenvalue weighted by atomic mass is 9.83. The van der Waals surface area contributed by atoms with Crippen LogP contribution in [0.4, 0.5) is 0 Å². The third-order valence-electron chi connectivity index (χ3n) is 2.34. The molecule has 1 rings (SSSR count). The number of benzene rings is 1. The first-order valence-corrected chi connectivity index (χ1v) is 4.87. The van der Waals surface area contributed by atoms with Gasteiger partial charge in [-0.2, -0.15) is 0 Å². The van der Waals surface area contributed by atoms with Crippen molar-refractivity contribution in [1.29, 1.82) is 0 Å². The molecule has 0 aliphatic heterocycles. The summed E-state index contributed by atoms with van der Waals surface area (Å²) >= 11 is 0. The highest BCUT2D eigenvalue weighted by molar-refractivity contribution is 5.37. The minimum absolute atomic E-state index is 0.0190. The lowest BCUT2D eigenvalue weighted by Gasteiger charge is -2.29. The molecule has 1 aromatic carbocycles. The molecule has 0 spiro atoms. The Morgan fingerprint density at radius 1 is 1.21 bits per heavy atom. The van der Waals surface area contributed by atoms with Crippen molar-refractivity contribution in [2.24, 2.45) is 0 Å². The molecule has 14 heavy (non-hydrogen) atoms. The molecule has 0 aliphatic carbocycles. The summed E-state index contributed by atoms with van der Waals surface area (Å²) in [6.45, 7) is 5.20. The predicted molar refractivity (Wildman–Crippen MR) is 59.7 cm³/mol. The smallest absolute Gasteiger partial charge is 0.119 e. The lowest BCUT2D eigenvalue weighted by molar-refractivity contribution is 0.308. The minimum Gasteiger partial charge on any atom is -0.508 e. The fraction of sp³-hybridized carbons (Fsp3) is 0.500. The molecule has 2 nitrogen and oxygen atoms in total.